The number of aliphatic carboxylic acids is 1. The zero-order valence-corrected chi connectivity index (χ0v) is 41.1. The lowest BCUT2D eigenvalue weighted by Crippen LogP contribution is -2.54. The van der Waals surface area contributed by atoms with Gasteiger partial charge in [0.15, 0.2) is 5.78 Å². The van der Waals surface area contributed by atoms with E-state index in [9.17, 15) is 33.9 Å². The van der Waals surface area contributed by atoms with Crippen LogP contribution in [0.5, 0.6) is 0 Å². The van der Waals surface area contributed by atoms with Gasteiger partial charge in [-0.15, -0.1) is 0 Å². The highest BCUT2D eigenvalue weighted by Crippen LogP contribution is 2.32. The Labute approximate surface area is 368 Å². The number of nitrogens with zero attached hydrogens (tertiary/aromatic N) is 3. The third-order valence-electron chi connectivity index (χ3n) is 13.1. The lowest BCUT2D eigenvalue weighted by atomic mass is 9.83. The van der Waals surface area contributed by atoms with E-state index in [1.807, 2.05) is 71.9 Å². The molecule has 2 rings (SSSR count). The standard InChI is InChI=1S/C48H81N3O9Si/c1-15-33(6)45(50(9)47(56)37(31(2)3)29-40(53)44(32(4)5)49(8)42(54)24-20-26-61(12,13)14)41(59-10)30-43(55)51-25-19-23-38(51)46(60-11)34(7)39(52)28-36(48(57)58)27-35-21-17-16-18-22-35/h16-18,21-22,31-34,36-38,41,44-46H,15,19-20,23-30H2,1-14H3,(H,57,58)/t33-,34-,36+,37-,38?,41+,44-,45?,46+/m1/s1. The minimum atomic E-state index is -1.31. The van der Waals surface area contributed by atoms with Crippen LogP contribution in [0.3, 0.4) is 0 Å². The second-order valence-corrected chi connectivity index (χ2v) is 25.2. The molecule has 1 aliphatic rings. The van der Waals surface area contributed by atoms with Crippen molar-refractivity contribution < 1.29 is 43.3 Å². The summed E-state index contributed by atoms with van der Waals surface area (Å²) in [7, 11) is 5.20. The van der Waals surface area contributed by atoms with Crippen molar-refractivity contribution >= 4 is 43.3 Å². The third-order valence-corrected chi connectivity index (χ3v) is 15.0. The topological polar surface area (TPSA) is 151 Å². The summed E-state index contributed by atoms with van der Waals surface area (Å²) in [5.74, 6) is -4.38. The van der Waals surface area contributed by atoms with Crippen molar-refractivity contribution in [3.63, 3.8) is 0 Å². The molecule has 1 aliphatic heterocycles. The van der Waals surface area contributed by atoms with Gasteiger partial charge in [0, 0.05) is 74.0 Å². The first-order valence-electron chi connectivity index (χ1n) is 22.7. The fourth-order valence-corrected chi connectivity index (χ4v) is 10.5. The van der Waals surface area contributed by atoms with Gasteiger partial charge in [0.2, 0.25) is 17.7 Å². The lowest BCUT2D eigenvalue weighted by molar-refractivity contribution is -0.150. The van der Waals surface area contributed by atoms with E-state index in [-0.39, 0.29) is 72.7 Å². The number of likely N-dealkylation sites (tertiary alicyclic amines) is 1. The predicted molar refractivity (Wildman–Crippen MR) is 244 cm³/mol. The van der Waals surface area contributed by atoms with E-state index in [1.54, 1.807) is 42.8 Å². The number of likely N-dealkylation sites (N-methyl/N-ethyl adjacent to an activating group) is 2. The number of ketones is 2. The van der Waals surface area contributed by atoms with E-state index in [0.717, 1.165) is 18.0 Å². The Morgan fingerprint density at radius 1 is 0.852 bits per heavy atom. The number of carbonyl (C=O) groups is 6. The second-order valence-electron chi connectivity index (χ2n) is 19.6. The highest BCUT2D eigenvalue weighted by molar-refractivity contribution is 6.76. The molecular weight excluding hydrogens is 791 g/mol. The summed E-state index contributed by atoms with van der Waals surface area (Å²) in [6.07, 6.45) is 1.99. The Morgan fingerprint density at radius 2 is 1.48 bits per heavy atom. The minimum Gasteiger partial charge on any atom is -0.481 e. The monoisotopic (exact) mass is 872 g/mol. The summed E-state index contributed by atoms with van der Waals surface area (Å²) < 4.78 is 12.0. The summed E-state index contributed by atoms with van der Waals surface area (Å²) >= 11 is 0. The number of hydrogen-bond donors (Lipinski definition) is 1. The van der Waals surface area contributed by atoms with Gasteiger partial charge < -0.3 is 29.3 Å². The molecule has 2 unspecified atom stereocenters. The van der Waals surface area contributed by atoms with Crippen LogP contribution in [0.2, 0.25) is 25.7 Å². The number of hydrogen-bond acceptors (Lipinski definition) is 8. The highest BCUT2D eigenvalue weighted by Gasteiger charge is 2.44. The molecule has 0 saturated carbocycles. The number of carbonyl (C=O) groups excluding carboxylic acids is 5. The number of carboxylic acids is 1. The van der Waals surface area contributed by atoms with E-state index in [2.05, 4.69) is 19.6 Å². The van der Waals surface area contributed by atoms with Gasteiger partial charge in [0.05, 0.1) is 42.7 Å². The Bertz CT molecular complexity index is 1580. The SMILES string of the molecule is CC[C@@H](C)C([C@H](CC(=O)N1CCCC1[C@@H](OC)[C@H](C)C(=O)C[C@H](Cc1ccccc1)C(=O)O)OC)N(C)C(=O)[C@H](CC(=O)[C@@H](C(C)C)N(C)C(=O)CCC[Si](C)(C)C)C(C)C. The maximum Gasteiger partial charge on any atom is 0.307 e. The predicted octanol–water partition coefficient (Wildman–Crippen LogP) is 7.64. The van der Waals surface area contributed by atoms with Crippen LogP contribution >= 0.6 is 0 Å². The number of methoxy groups -OCH3 is 2. The van der Waals surface area contributed by atoms with Crippen LogP contribution < -0.4 is 0 Å². The molecule has 0 bridgehead atoms. The summed E-state index contributed by atoms with van der Waals surface area (Å²) in [6.45, 7) is 20.9. The van der Waals surface area contributed by atoms with Crippen molar-refractivity contribution in [1.82, 2.24) is 14.7 Å². The fourth-order valence-electron chi connectivity index (χ4n) is 9.26. The third kappa shape index (κ3) is 15.7. The summed E-state index contributed by atoms with van der Waals surface area (Å²) in [4.78, 5) is 87.2. The number of ether oxygens (including phenoxy) is 2. The molecule has 61 heavy (non-hydrogen) atoms. The molecule has 1 aromatic carbocycles. The zero-order valence-electron chi connectivity index (χ0n) is 40.1. The van der Waals surface area contributed by atoms with Crippen LogP contribution in [0.1, 0.15) is 105 Å². The van der Waals surface area contributed by atoms with Crippen molar-refractivity contribution in [2.24, 2.45) is 35.5 Å². The average Bonchev–Trinajstić information content (AvgIpc) is 3.68. The normalized spacial score (nSPS) is 18.5. The molecule has 0 radical (unpaired) electrons. The molecule has 1 heterocycles. The van der Waals surface area contributed by atoms with E-state index < -0.39 is 62.1 Å². The number of carboxylic acid groups (broad SMARTS) is 1. The zero-order chi connectivity index (χ0) is 46.4. The molecular formula is C48H81N3O9Si. The van der Waals surface area contributed by atoms with E-state index in [4.69, 9.17) is 9.47 Å². The largest absolute Gasteiger partial charge is 0.481 e. The van der Waals surface area contributed by atoms with Crippen LogP contribution in [0, 0.1) is 35.5 Å². The number of benzene rings is 1. The van der Waals surface area contributed by atoms with Gasteiger partial charge in [-0.2, -0.15) is 0 Å². The van der Waals surface area contributed by atoms with Gasteiger partial charge in [0.25, 0.3) is 0 Å². The van der Waals surface area contributed by atoms with E-state index in [1.165, 1.54) is 7.11 Å². The van der Waals surface area contributed by atoms with E-state index >= 15 is 0 Å². The first-order valence-corrected chi connectivity index (χ1v) is 26.4. The maximum absolute atomic E-state index is 14.6. The number of amides is 3. The second kappa shape index (κ2) is 25.0. The fraction of sp³-hybridized carbons (Fsp3) is 0.750. The molecule has 12 nitrogen and oxygen atoms in total. The van der Waals surface area contributed by atoms with Crippen molar-refractivity contribution in [1.29, 1.82) is 0 Å². The Balaban J connectivity index is 2.28. The Morgan fingerprint density at radius 3 is 1.98 bits per heavy atom. The Hall–Kier alpha value is -3.42. The molecule has 0 aromatic heterocycles. The van der Waals surface area contributed by atoms with Crippen molar-refractivity contribution in [2.75, 3.05) is 34.9 Å². The quantitative estimate of drug-likeness (QED) is 0.0880. The van der Waals surface area contributed by atoms with Crippen molar-refractivity contribution in [3.8, 4) is 0 Å². The molecule has 0 aliphatic carbocycles. The lowest BCUT2D eigenvalue weighted by Gasteiger charge is -2.41. The average molecular weight is 872 g/mol. The van der Waals surface area contributed by atoms with Gasteiger partial charge in [-0.25, -0.2) is 0 Å². The van der Waals surface area contributed by atoms with Gasteiger partial charge in [-0.3, -0.25) is 28.8 Å². The van der Waals surface area contributed by atoms with Crippen LogP contribution in [0.15, 0.2) is 30.3 Å². The highest BCUT2D eigenvalue weighted by atomic mass is 28.3. The summed E-state index contributed by atoms with van der Waals surface area (Å²) in [5, 5.41) is 9.99. The van der Waals surface area contributed by atoms with Gasteiger partial charge >= 0.3 is 5.97 Å². The molecule has 1 fully saturated rings. The molecule has 0 spiro atoms. The van der Waals surface area contributed by atoms with Crippen LogP contribution in [-0.2, 0) is 44.7 Å². The molecule has 9 atom stereocenters. The van der Waals surface area contributed by atoms with Crippen molar-refractivity contribution in [2.45, 2.75) is 162 Å². The van der Waals surface area contributed by atoms with Crippen LogP contribution in [0.4, 0.5) is 0 Å². The smallest absolute Gasteiger partial charge is 0.307 e. The van der Waals surface area contributed by atoms with Crippen LogP contribution in [0.25, 0.3) is 0 Å². The summed E-state index contributed by atoms with van der Waals surface area (Å²) in [6, 6.07) is 8.75. The molecule has 3 amide bonds. The molecule has 13 heteroatoms. The van der Waals surface area contributed by atoms with Crippen molar-refractivity contribution in [3.05, 3.63) is 35.9 Å². The molecule has 1 aromatic rings. The van der Waals surface area contributed by atoms with Crippen LogP contribution in [-0.4, -0.2) is 128 Å². The van der Waals surface area contributed by atoms with Gasteiger partial charge in [-0.1, -0.05) is 111 Å². The van der Waals surface area contributed by atoms with Gasteiger partial charge in [-0.05, 0) is 49.0 Å². The Kier molecular flexibility index (Phi) is 22.0. The number of rotatable bonds is 27. The first kappa shape index (κ1) is 53.7. The molecule has 1 saturated heterocycles. The van der Waals surface area contributed by atoms with Gasteiger partial charge in [0.1, 0.15) is 5.78 Å². The minimum absolute atomic E-state index is 0.00967. The maximum atomic E-state index is 14.6. The summed E-state index contributed by atoms with van der Waals surface area (Å²) in [5.41, 5.74) is 0.842. The number of Topliss-reactive ketones (excluding diaryl/α,β-unsaturated/α-hetero) is 2. The first-order chi connectivity index (χ1) is 28.5. The molecule has 346 valence electrons. The van der Waals surface area contributed by atoms with E-state index in [0.29, 0.717) is 32.2 Å². The molecule has 1 N–H and O–H groups in total.